The van der Waals surface area contributed by atoms with Crippen LogP contribution in [0.5, 0.6) is 6.01 Å². The van der Waals surface area contributed by atoms with Gasteiger partial charge in [-0.25, -0.2) is 9.97 Å². The monoisotopic (exact) mass is 328 g/mol. The summed E-state index contributed by atoms with van der Waals surface area (Å²) in [6.07, 6.45) is 9.35. The van der Waals surface area contributed by atoms with Gasteiger partial charge in [0.25, 0.3) is 0 Å². The van der Waals surface area contributed by atoms with Gasteiger partial charge in [-0.3, -0.25) is 4.98 Å². The largest absolute Gasteiger partial charge is 0.460 e. The quantitative estimate of drug-likeness (QED) is 0.938. The molecule has 0 unspecified atom stereocenters. The highest BCUT2D eigenvalue weighted by molar-refractivity contribution is 5.85. The number of nitrogens with one attached hydrogen (secondary N) is 1. The van der Waals surface area contributed by atoms with E-state index < -0.39 is 0 Å². The molecule has 0 saturated carbocycles. The zero-order valence-electron chi connectivity index (χ0n) is 11.4. The molecule has 1 fully saturated rings. The van der Waals surface area contributed by atoms with Gasteiger partial charge in [0, 0.05) is 35.9 Å². The first kappa shape index (κ1) is 17.6. The Labute approximate surface area is 136 Å². The minimum Gasteiger partial charge on any atom is -0.460 e. The Bertz CT molecular complexity index is 518. The molecular formula is C14H18Cl2N4O. The first-order valence-corrected chi connectivity index (χ1v) is 6.51. The van der Waals surface area contributed by atoms with Crippen molar-refractivity contribution < 1.29 is 4.74 Å². The molecule has 7 heteroatoms. The Kier molecular flexibility index (Phi) is 7.36. The first-order valence-electron chi connectivity index (χ1n) is 6.51. The van der Waals surface area contributed by atoms with Crippen LogP contribution in [0, 0.1) is 0 Å². The number of aromatic nitrogens is 3. The van der Waals surface area contributed by atoms with Crippen molar-refractivity contribution in [1.29, 1.82) is 0 Å². The highest BCUT2D eigenvalue weighted by Gasteiger charge is 2.15. The second kappa shape index (κ2) is 8.77. The standard InChI is InChI=1S/C14H16N4O.2ClH/c1-2-11(8-16-5-1)12-9-17-14(18-10-12)19-13-3-6-15-7-4-13;;/h1-2,5,8-10,13,15H,3-4,6-7H2;2*1H. The summed E-state index contributed by atoms with van der Waals surface area (Å²) < 4.78 is 5.77. The number of rotatable bonds is 3. The number of pyridine rings is 1. The molecular weight excluding hydrogens is 311 g/mol. The van der Waals surface area contributed by atoms with E-state index in [9.17, 15) is 0 Å². The fourth-order valence-corrected chi connectivity index (χ4v) is 2.12. The molecule has 3 heterocycles. The molecule has 114 valence electrons. The highest BCUT2D eigenvalue weighted by Crippen LogP contribution is 2.18. The molecule has 3 rings (SSSR count). The van der Waals surface area contributed by atoms with Gasteiger partial charge in [0.05, 0.1) is 0 Å². The summed E-state index contributed by atoms with van der Waals surface area (Å²) in [6, 6.07) is 4.34. The van der Waals surface area contributed by atoms with Crippen LogP contribution in [-0.4, -0.2) is 34.1 Å². The number of nitrogens with zero attached hydrogens (tertiary/aromatic N) is 3. The van der Waals surface area contributed by atoms with Crippen molar-refractivity contribution in [3.8, 4) is 17.1 Å². The number of ether oxygens (including phenoxy) is 1. The van der Waals surface area contributed by atoms with Crippen LogP contribution in [0.25, 0.3) is 11.1 Å². The van der Waals surface area contributed by atoms with E-state index in [1.54, 1.807) is 24.8 Å². The third kappa shape index (κ3) is 4.81. The van der Waals surface area contributed by atoms with Crippen LogP contribution >= 0.6 is 24.8 Å². The van der Waals surface area contributed by atoms with Crippen molar-refractivity contribution in [2.45, 2.75) is 18.9 Å². The van der Waals surface area contributed by atoms with Gasteiger partial charge in [0.15, 0.2) is 0 Å². The number of hydrogen-bond acceptors (Lipinski definition) is 5. The maximum absolute atomic E-state index is 5.77. The smallest absolute Gasteiger partial charge is 0.316 e. The summed E-state index contributed by atoms with van der Waals surface area (Å²) in [7, 11) is 0. The van der Waals surface area contributed by atoms with Gasteiger partial charge in [-0.2, -0.15) is 0 Å². The van der Waals surface area contributed by atoms with Gasteiger partial charge >= 0.3 is 6.01 Å². The Morgan fingerprint density at radius 2 is 1.71 bits per heavy atom. The van der Waals surface area contributed by atoms with Crippen LogP contribution in [0.2, 0.25) is 0 Å². The predicted octanol–water partition coefficient (Wildman–Crippen LogP) is 2.51. The molecule has 1 saturated heterocycles. The third-order valence-corrected chi connectivity index (χ3v) is 3.18. The van der Waals surface area contributed by atoms with E-state index in [1.807, 2.05) is 12.1 Å². The second-order valence-electron chi connectivity index (χ2n) is 4.56. The molecule has 21 heavy (non-hydrogen) atoms. The first-order chi connectivity index (χ1) is 9.42. The summed E-state index contributed by atoms with van der Waals surface area (Å²) in [6.45, 7) is 2.00. The van der Waals surface area contributed by atoms with Crippen molar-refractivity contribution in [3.63, 3.8) is 0 Å². The average Bonchev–Trinajstić information content (AvgIpc) is 2.50. The molecule has 0 atom stereocenters. The molecule has 1 aliphatic heterocycles. The molecule has 0 amide bonds. The van der Waals surface area contributed by atoms with Crippen LogP contribution in [0.3, 0.4) is 0 Å². The molecule has 0 spiro atoms. The lowest BCUT2D eigenvalue weighted by atomic mass is 10.1. The van der Waals surface area contributed by atoms with Crippen molar-refractivity contribution in [2.24, 2.45) is 0 Å². The van der Waals surface area contributed by atoms with E-state index >= 15 is 0 Å². The average molecular weight is 329 g/mol. The highest BCUT2D eigenvalue weighted by atomic mass is 35.5. The minimum atomic E-state index is 0. The summed E-state index contributed by atoms with van der Waals surface area (Å²) in [5, 5.41) is 3.30. The van der Waals surface area contributed by atoms with Crippen LogP contribution < -0.4 is 10.1 Å². The Balaban J connectivity index is 0.00000110. The van der Waals surface area contributed by atoms with E-state index in [-0.39, 0.29) is 30.9 Å². The summed E-state index contributed by atoms with van der Waals surface area (Å²) >= 11 is 0. The molecule has 2 aromatic rings. The lowest BCUT2D eigenvalue weighted by Gasteiger charge is -2.22. The molecule has 0 aromatic carbocycles. The lowest BCUT2D eigenvalue weighted by molar-refractivity contribution is 0.149. The Morgan fingerprint density at radius 3 is 2.33 bits per heavy atom. The van der Waals surface area contributed by atoms with Gasteiger partial charge in [-0.1, -0.05) is 6.07 Å². The van der Waals surface area contributed by atoms with Crippen LogP contribution in [0.15, 0.2) is 36.9 Å². The molecule has 1 N–H and O–H groups in total. The number of halogens is 2. The van der Waals surface area contributed by atoms with E-state index in [0.29, 0.717) is 6.01 Å². The zero-order valence-corrected chi connectivity index (χ0v) is 13.1. The second-order valence-corrected chi connectivity index (χ2v) is 4.56. The molecule has 0 aliphatic carbocycles. The third-order valence-electron chi connectivity index (χ3n) is 3.18. The summed E-state index contributed by atoms with van der Waals surface area (Å²) in [4.78, 5) is 12.6. The van der Waals surface area contributed by atoms with E-state index in [4.69, 9.17) is 4.74 Å². The van der Waals surface area contributed by atoms with Gasteiger partial charge in [0.1, 0.15) is 6.10 Å². The normalized spacial score (nSPS) is 14.7. The predicted molar refractivity (Wildman–Crippen MR) is 86.3 cm³/mol. The van der Waals surface area contributed by atoms with E-state index in [0.717, 1.165) is 37.1 Å². The fraction of sp³-hybridized carbons (Fsp3) is 0.357. The van der Waals surface area contributed by atoms with E-state index in [2.05, 4.69) is 20.3 Å². The van der Waals surface area contributed by atoms with Crippen LogP contribution in [-0.2, 0) is 0 Å². The van der Waals surface area contributed by atoms with Crippen molar-refractivity contribution in [2.75, 3.05) is 13.1 Å². The molecule has 0 radical (unpaired) electrons. The maximum Gasteiger partial charge on any atom is 0.316 e. The minimum absolute atomic E-state index is 0. The molecule has 2 aromatic heterocycles. The van der Waals surface area contributed by atoms with Crippen molar-refractivity contribution >= 4 is 24.8 Å². The van der Waals surface area contributed by atoms with Gasteiger partial charge < -0.3 is 10.1 Å². The van der Waals surface area contributed by atoms with Crippen LogP contribution in [0.1, 0.15) is 12.8 Å². The number of hydrogen-bond donors (Lipinski definition) is 1. The molecule has 0 bridgehead atoms. The zero-order chi connectivity index (χ0) is 12.9. The van der Waals surface area contributed by atoms with Crippen LogP contribution in [0.4, 0.5) is 0 Å². The molecule has 1 aliphatic rings. The molecule has 5 nitrogen and oxygen atoms in total. The van der Waals surface area contributed by atoms with Crippen molar-refractivity contribution in [3.05, 3.63) is 36.9 Å². The van der Waals surface area contributed by atoms with Gasteiger partial charge in [-0.05, 0) is 32.0 Å². The van der Waals surface area contributed by atoms with Gasteiger partial charge in [-0.15, -0.1) is 24.8 Å². The SMILES string of the molecule is Cl.Cl.c1cncc(-c2cnc(OC3CCNCC3)nc2)c1. The van der Waals surface area contributed by atoms with Gasteiger partial charge in [0.2, 0.25) is 0 Å². The number of piperidine rings is 1. The summed E-state index contributed by atoms with van der Waals surface area (Å²) in [5.41, 5.74) is 1.96. The topological polar surface area (TPSA) is 59.9 Å². The Morgan fingerprint density at radius 1 is 1.00 bits per heavy atom. The lowest BCUT2D eigenvalue weighted by Crippen LogP contribution is -2.34. The summed E-state index contributed by atoms with van der Waals surface area (Å²) in [5.74, 6) is 0. The van der Waals surface area contributed by atoms with E-state index in [1.165, 1.54) is 0 Å². The Hall–Kier alpha value is -1.43. The maximum atomic E-state index is 5.77. The van der Waals surface area contributed by atoms with Crippen molar-refractivity contribution in [1.82, 2.24) is 20.3 Å². The fourth-order valence-electron chi connectivity index (χ4n) is 2.12.